The highest BCUT2D eigenvalue weighted by Gasteiger charge is 2.44. The molecule has 0 unspecified atom stereocenters. The van der Waals surface area contributed by atoms with Crippen molar-refractivity contribution in [3.05, 3.63) is 17.5 Å². The molecule has 0 saturated heterocycles. The molecule has 7 heteroatoms. The van der Waals surface area contributed by atoms with E-state index >= 15 is 0 Å². The van der Waals surface area contributed by atoms with E-state index in [-0.39, 0.29) is 17.7 Å². The summed E-state index contributed by atoms with van der Waals surface area (Å²) in [6, 6.07) is 0. The highest BCUT2D eigenvalue weighted by atomic mass is 32.2. The summed E-state index contributed by atoms with van der Waals surface area (Å²) in [5.41, 5.74) is 0.436. The number of halogens is 3. The molecule has 0 saturated carbocycles. The van der Waals surface area contributed by atoms with Gasteiger partial charge in [0.15, 0.2) is 10.9 Å². The molecule has 1 atom stereocenters. The zero-order valence-electron chi connectivity index (χ0n) is 8.91. The monoisotopic (exact) mass is 262 g/mol. The predicted octanol–water partition coefficient (Wildman–Crippen LogP) is 2.51. The van der Waals surface area contributed by atoms with Crippen LogP contribution < -0.4 is 0 Å². The fraction of sp³-hybridized carbons (Fsp3) is 0.500. The molecule has 1 aliphatic rings. The van der Waals surface area contributed by atoms with Crippen molar-refractivity contribution in [2.24, 2.45) is 5.92 Å². The Morgan fingerprint density at radius 1 is 1.41 bits per heavy atom. The normalized spacial score (nSPS) is 20.2. The summed E-state index contributed by atoms with van der Waals surface area (Å²) in [5, 5.41) is 0.388. The summed E-state index contributed by atoms with van der Waals surface area (Å²) in [6.45, 7) is 0. The van der Waals surface area contributed by atoms with Gasteiger partial charge in [0.05, 0.1) is 17.2 Å². The fourth-order valence-corrected chi connectivity index (χ4v) is 2.12. The van der Waals surface area contributed by atoms with Crippen LogP contribution in [0.25, 0.3) is 0 Å². The summed E-state index contributed by atoms with van der Waals surface area (Å²) in [6.07, 6.45) is -2.03. The van der Waals surface area contributed by atoms with Gasteiger partial charge in [-0.1, -0.05) is 11.8 Å². The molecule has 17 heavy (non-hydrogen) atoms. The van der Waals surface area contributed by atoms with Crippen LogP contribution in [-0.4, -0.2) is 28.2 Å². The minimum absolute atomic E-state index is 0.211. The first-order valence-electron chi connectivity index (χ1n) is 4.91. The van der Waals surface area contributed by atoms with Gasteiger partial charge in [0.25, 0.3) is 0 Å². The number of Topliss-reactive ketones (excluding diaryl/α,β-unsaturated/α-hetero) is 1. The maximum atomic E-state index is 12.6. The highest BCUT2D eigenvalue weighted by molar-refractivity contribution is 7.98. The van der Waals surface area contributed by atoms with E-state index in [0.717, 1.165) is 0 Å². The van der Waals surface area contributed by atoms with E-state index in [1.54, 1.807) is 6.26 Å². The maximum Gasteiger partial charge on any atom is 0.392 e. The summed E-state index contributed by atoms with van der Waals surface area (Å²) < 4.78 is 37.8. The first-order chi connectivity index (χ1) is 7.91. The van der Waals surface area contributed by atoms with Crippen LogP contribution in [0.15, 0.2) is 11.4 Å². The van der Waals surface area contributed by atoms with Gasteiger partial charge in [0, 0.05) is 19.0 Å². The Kier molecular flexibility index (Phi) is 3.11. The van der Waals surface area contributed by atoms with Crippen LogP contribution in [0.5, 0.6) is 0 Å². The van der Waals surface area contributed by atoms with Crippen LogP contribution >= 0.6 is 11.8 Å². The molecular weight excluding hydrogens is 253 g/mol. The zero-order valence-corrected chi connectivity index (χ0v) is 9.73. The minimum atomic E-state index is -4.35. The van der Waals surface area contributed by atoms with Crippen molar-refractivity contribution in [1.82, 2.24) is 9.97 Å². The van der Waals surface area contributed by atoms with Crippen molar-refractivity contribution < 1.29 is 18.0 Å². The Morgan fingerprint density at radius 3 is 2.71 bits per heavy atom. The van der Waals surface area contributed by atoms with Gasteiger partial charge in [0.1, 0.15) is 0 Å². The van der Waals surface area contributed by atoms with Gasteiger partial charge in [-0.2, -0.15) is 13.2 Å². The van der Waals surface area contributed by atoms with Crippen molar-refractivity contribution in [2.45, 2.75) is 24.2 Å². The van der Waals surface area contributed by atoms with Gasteiger partial charge in [0.2, 0.25) is 0 Å². The summed E-state index contributed by atoms with van der Waals surface area (Å²) in [5.74, 6) is -2.15. The third-order valence-corrected chi connectivity index (χ3v) is 3.22. The number of thioether (sulfide) groups is 1. The van der Waals surface area contributed by atoms with Crippen LogP contribution in [0, 0.1) is 5.92 Å². The summed E-state index contributed by atoms with van der Waals surface area (Å²) in [4.78, 5) is 19.4. The summed E-state index contributed by atoms with van der Waals surface area (Å²) >= 11 is 1.24. The van der Waals surface area contributed by atoms with Gasteiger partial charge in [-0.3, -0.25) is 4.79 Å². The van der Waals surface area contributed by atoms with E-state index in [1.807, 2.05) is 0 Å². The molecule has 0 aromatic carbocycles. The van der Waals surface area contributed by atoms with Gasteiger partial charge in [-0.05, 0) is 6.26 Å². The lowest BCUT2D eigenvalue weighted by Gasteiger charge is -2.24. The number of hydrogen-bond donors (Lipinski definition) is 0. The quantitative estimate of drug-likeness (QED) is 0.576. The van der Waals surface area contributed by atoms with Crippen LogP contribution in [-0.2, 0) is 6.42 Å². The van der Waals surface area contributed by atoms with E-state index in [2.05, 4.69) is 9.97 Å². The van der Waals surface area contributed by atoms with Gasteiger partial charge in [-0.15, -0.1) is 0 Å². The first kappa shape index (κ1) is 12.3. The Bertz CT molecular complexity index is 461. The number of rotatable bonds is 1. The molecule has 1 aromatic rings. The van der Waals surface area contributed by atoms with Crippen molar-refractivity contribution in [3.63, 3.8) is 0 Å². The second-order valence-corrected chi connectivity index (χ2v) is 4.56. The molecule has 2 rings (SSSR count). The van der Waals surface area contributed by atoms with Gasteiger partial charge < -0.3 is 0 Å². The predicted molar refractivity (Wildman–Crippen MR) is 56.0 cm³/mol. The van der Waals surface area contributed by atoms with Crippen molar-refractivity contribution >= 4 is 17.5 Å². The van der Waals surface area contributed by atoms with Crippen LogP contribution in [0.2, 0.25) is 0 Å². The number of aromatic nitrogens is 2. The average molecular weight is 262 g/mol. The molecule has 0 fully saturated rings. The van der Waals surface area contributed by atoms with Crippen LogP contribution in [0.4, 0.5) is 13.2 Å². The Labute approximate surface area is 99.8 Å². The number of nitrogens with zero attached hydrogens (tertiary/aromatic N) is 2. The molecule has 0 aliphatic heterocycles. The summed E-state index contributed by atoms with van der Waals surface area (Å²) in [7, 11) is 0. The fourth-order valence-electron chi connectivity index (χ4n) is 1.76. The molecule has 1 aromatic heterocycles. The molecular formula is C10H9F3N2OS. The SMILES string of the molecule is CSc1ncc2c(n1)C[C@H](C(F)(F)F)CC2=O. The Balaban J connectivity index is 2.37. The molecule has 0 spiro atoms. The van der Waals surface area contributed by atoms with Crippen LogP contribution in [0.3, 0.4) is 0 Å². The Hall–Kier alpha value is -1.11. The number of fused-ring (bicyclic) bond motifs is 1. The molecule has 0 radical (unpaired) electrons. The van der Waals surface area contributed by atoms with Gasteiger partial charge in [-0.25, -0.2) is 9.97 Å². The second kappa shape index (κ2) is 4.29. The topological polar surface area (TPSA) is 42.9 Å². The first-order valence-corrected chi connectivity index (χ1v) is 6.14. The highest BCUT2D eigenvalue weighted by Crippen LogP contribution is 2.36. The van der Waals surface area contributed by atoms with Crippen molar-refractivity contribution in [3.8, 4) is 0 Å². The number of hydrogen-bond acceptors (Lipinski definition) is 4. The van der Waals surface area contributed by atoms with E-state index < -0.39 is 24.3 Å². The minimum Gasteiger partial charge on any atom is -0.294 e. The van der Waals surface area contributed by atoms with E-state index in [9.17, 15) is 18.0 Å². The molecule has 92 valence electrons. The van der Waals surface area contributed by atoms with E-state index in [1.165, 1.54) is 18.0 Å². The largest absolute Gasteiger partial charge is 0.392 e. The number of ketones is 1. The molecule has 1 aliphatic carbocycles. The Morgan fingerprint density at radius 2 is 2.12 bits per heavy atom. The maximum absolute atomic E-state index is 12.6. The van der Waals surface area contributed by atoms with Crippen LogP contribution in [0.1, 0.15) is 22.5 Å². The van der Waals surface area contributed by atoms with Gasteiger partial charge >= 0.3 is 6.18 Å². The molecule has 3 nitrogen and oxygen atoms in total. The zero-order chi connectivity index (χ0) is 12.6. The smallest absolute Gasteiger partial charge is 0.294 e. The van der Waals surface area contributed by atoms with E-state index in [4.69, 9.17) is 0 Å². The van der Waals surface area contributed by atoms with Crippen molar-refractivity contribution in [2.75, 3.05) is 6.26 Å². The third-order valence-electron chi connectivity index (χ3n) is 2.66. The molecule has 0 N–H and O–H groups in total. The van der Waals surface area contributed by atoms with E-state index in [0.29, 0.717) is 5.16 Å². The van der Waals surface area contributed by atoms with Crippen molar-refractivity contribution in [1.29, 1.82) is 0 Å². The molecule has 0 amide bonds. The molecule has 0 bridgehead atoms. The lowest BCUT2D eigenvalue weighted by Crippen LogP contribution is -2.32. The second-order valence-electron chi connectivity index (χ2n) is 3.79. The average Bonchev–Trinajstić information content (AvgIpc) is 2.27. The lowest BCUT2D eigenvalue weighted by atomic mass is 9.86. The lowest BCUT2D eigenvalue weighted by molar-refractivity contribution is -0.174. The number of alkyl halides is 3. The standard InChI is InChI=1S/C10H9F3N2OS/c1-17-9-14-4-6-7(15-9)2-5(3-8(6)16)10(11,12)13/h4-5H,2-3H2,1H3/t5-/m0/s1. The third kappa shape index (κ3) is 2.43. The number of carbonyl (C=O) groups is 1. The molecule has 1 heterocycles. The number of carbonyl (C=O) groups excluding carboxylic acids is 1.